The highest BCUT2D eigenvalue weighted by atomic mass is 35.5. The van der Waals surface area contributed by atoms with Crippen LogP contribution in [-0.4, -0.2) is 40.4 Å². The summed E-state index contributed by atoms with van der Waals surface area (Å²) in [6.07, 6.45) is -0.119. The normalized spacial score (nSPS) is 10.8. The largest absolute Gasteiger partial charge is 0.497 e. The average Bonchev–Trinajstić information content (AvgIpc) is 3.27. The predicted octanol–water partition coefficient (Wildman–Crippen LogP) is 5.44. The smallest absolute Gasteiger partial charge is 0.305 e. The number of benzene rings is 3. The molecule has 0 saturated heterocycles. The molecule has 0 unspecified atom stereocenters. The van der Waals surface area contributed by atoms with E-state index in [-0.39, 0.29) is 18.9 Å². The van der Waals surface area contributed by atoms with Crippen LogP contribution in [0.25, 0.3) is 22.5 Å². The molecule has 0 radical (unpaired) electrons. The number of aryl methyl sites for hydroxylation is 1. The first kappa shape index (κ1) is 25.0. The molecule has 0 spiro atoms. The first-order chi connectivity index (χ1) is 17.3. The number of hydrogen-bond acceptors (Lipinski definition) is 4. The van der Waals surface area contributed by atoms with Crippen molar-refractivity contribution in [3.63, 3.8) is 0 Å². The fraction of sp³-hybridized carbons (Fsp3) is 0.179. The molecule has 3 aromatic carbocycles. The molecule has 0 atom stereocenters. The Kier molecular flexibility index (Phi) is 7.71. The highest BCUT2D eigenvalue weighted by Crippen LogP contribution is 2.30. The molecule has 1 aromatic heterocycles. The van der Waals surface area contributed by atoms with Crippen molar-refractivity contribution in [2.45, 2.75) is 19.9 Å². The third kappa shape index (κ3) is 6.12. The zero-order chi connectivity index (χ0) is 25.7. The monoisotopic (exact) mass is 503 g/mol. The van der Waals surface area contributed by atoms with Crippen molar-refractivity contribution in [1.29, 1.82) is 0 Å². The van der Waals surface area contributed by atoms with Crippen LogP contribution < -0.4 is 10.1 Å². The minimum atomic E-state index is -0.954. The number of nitrogens with one attached hydrogen (secondary N) is 1. The third-order valence-electron chi connectivity index (χ3n) is 5.68. The Morgan fingerprint density at radius 3 is 2.36 bits per heavy atom. The van der Waals surface area contributed by atoms with Gasteiger partial charge in [0, 0.05) is 28.3 Å². The number of carbonyl (C=O) groups is 2. The van der Waals surface area contributed by atoms with Gasteiger partial charge < -0.3 is 15.2 Å². The van der Waals surface area contributed by atoms with Crippen LogP contribution in [0.5, 0.6) is 5.75 Å². The summed E-state index contributed by atoms with van der Waals surface area (Å²) in [6.45, 7) is 2.57. The second-order valence-electron chi connectivity index (χ2n) is 8.41. The lowest BCUT2D eigenvalue weighted by Crippen LogP contribution is -2.25. The molecule has 4 aromatic rings. The van der Waals surface area contributed by atoms with Gasteiger partial charge in [-0.05, 0) is 78.7 Å². The number of nitrogens with zero attached hydrogens (tertiary/aromatic N) is 2. The number of aromatic nitrogens is 2. The molecule has 0 aliphatic rings. The zero-order valence-electron chi connectivity index (χ0n) is 20.0. The summed E-state index contributed by atoms with van der Waals surface area (Å²) in [6, 6.07) is 22.9. The topological polar surface area (TPSA) is 93.5 Å². The quantitative estimate of drug-likeness (QED) is 0.317. The number of rotatable bonds is 9. The van der Waals surface area contributed by atoms with Gasteiger partial charge in [-0.3, -0.25) is 14.3 Å². The molecule has 4 rings (SSSR count). The van der Waals surface area contributed by atoms with Crippen LogP contribution in [0.3, 0.4) is 0 Å². The number of halogens is 1. The minimum Gasteiger partial charge on any atom is -0.497 e. The van der Waals surface area contributed by atoms with Gasteiger partial charge in [-0.1, -0.05) is 23.7 Å². The first-order valence-corrected chi connectivity index (χ1v) is 11.8. The maximum atomic E-state index is 12.3. The van der Waals surface area contributed by atoms with Crippen LogP contribution in [0, 0.1) is 6.92 Å². The van der Waals surface area contributed by atoms with E-state index in [0.717, 1.165) is 39.4 Å². The molecule has 7 nitrogen and oxygen atoms in total. The minimum absolute atomic E-state index is 0.0835. The Balaban J connectivity index is 1.62. The molecule has 1 heterocycles. The fourth-order valence-electron chi connectivity index (χ4n) is 3.88. The van der Waals surface area contributed by atoms with Crippen molar-refractivity contribution in [2.75, 3.05) is 13.7 Å². The Hall–Kier alpha value is -4.10. The molecular weight excluding hydrogens is 478 g/mol. The Labute approximate surface area is 214 Å². The summed E-state index contributed by atoms with van der Waals surface area (Å²) in [7, 11) is 1.63. The van der Waals surface area contributed by atoms with Gasteiger partial charge in [0.1, 0.15) is 5.75 Å². The number of methoxy groups -OCH3 is 1. The van der Waals surface area contributed by atoms with Crippen LogP contribution >= 0.6 is 11.6 Å². The molecule has 36 heavy (non-hydrogen) atoms. The van der Waals surface area contributed by atoms with Gasteiger partial charge in [0.2, 0.25) is 0 Å². The lowest BCUT2D eigenvalue weighted by atomic mass is 10.1. The van der Waals surface area contributed by atoms with E-state index in [4.69, 9.17) is 26.5 Å². The van der Waals surface area contributed by atoms with Crippen LogP contribution in [-0.2, 0) is 11.3 Å². The average molecular weight is 504 g/mol. The van der Waals surface area contributed by atoms with Gasteiger partial charge in [-0.25, -0.2) is 0 Å². The van der Waals surface area contributed by atoms with Gasteiger partial charge in [0.15, 0.2) is 0 Å². The van der Waals surface area contributed by atoms with Crippen molar-refractivity contribution < 1.29 is 19.4 Å². The van der Waals surface area contributed by atoms with E-state index in [1.807, 2.05) is 72.3 Å². The molecule has 0 aliphatic heterocycles. The number of carbonyl (C=O) groups excluding carboxylic acids is 1. The molecule has 0 aliphatic carbocycles. The predicted molar refractivity (Wildman–Crippen MR) is 140 cm³/mol. The van der Waals surface area contributed by atoms with Crippen molar-refractivity contribution in [3.8, 4) is 28.3 Å². The highest BCUT2D eigenvalue weighted by Gasteiger charge is 2.14. The second-order valence-corrected chi connectivity index (χ2v) is 8.85. The van der Waals surface area contributed by atoms with Gasteiger partial charge >= 0.3 is 5.97 Å². The van der Waals surface area contributed by atoms with E-state index in [9.17, 15) is 9.59 Å². The molecule has 0 fully saturated rings. The first-order valence-electron chi connectivity index (χ1n) is 11.4. The van der Waals surface area contributed by atoms with E-state index in [1.54, 1.807) is 19.2 Å². The van der Waals surface area contributed by atoms with E-state index < -0.39 is 5.97 Å². The fourth-order valence-corrected chi connectivity index (χ4v) is 4.17. The SMILES string of the molecule is COc1ccc(-c2cc(-c3cc(C)cc(Cl)c3)nn2Cc2ccc(C(=O)NCCC(=O)O)cc2)cc1. The Morgan fingerprint density at radius 1 is 1.00 bits per heavy atom. The lowest BCUT2D eigenvalue weighted by molar-refractivity contribution is -0.136. The summed E-state index contributed by atoms with van der Waals surface area (Å²) in [5.74, 6) is -0.489. The highest BCUT2D eigenvalue weighted by molar-refractivity contribution is 6.30. The number of ether oxygens (including phenoxy) is 1. The zero-order valence-corrected chi connectivity index (χ0v) is 20.7. The van der Waals surface area contributed by atoms with Crippen LogP contribution in [0.15, 0.2) is 72.8 Å². The van der Waals surface area contributed by atoms with Crippen molar-refractivity contribution in [1.82, 2.24) is 15.1 Å². The Morgan fingerprint density at radius 2 is 1.72 bits per heavy atom. The second kappa shape index (κ2) is 11.1. The van der Waals surface area contributed by atoms with Gasteiger partial charge in [-0.15, -0.1) is 0 Å². The maximum absolute atomic E-state index is 12.3. The number of carboxylic acids is 1. The number of hydrogen-bond donors (Lipinski definition) is 2. The number of amides is 1. The maximum Gasteiger partial charge on any atom is 0.305 e. The summed E-state index contributed by atoms with van der Waals surface area (Å²) in [5, 5.41) is 16.9. The van der Waals surface area contributed by atoms with E-state index in [1.165, 1.54) is 0 Å². The third-order valence-corrected chi connectivity index (χ3v) is 5.89. The van der Waals surface area contributed by atoms with Crippen LogP contribution in [0.2, 0.25) is 5.02 Å². The van der Waals surface area contributed by atoms with Gasteiger partial charge in [-0.2, -0.15) is 5.10 Å². The standard InChI is InChI=1S/C28H26ClN3O4/c1-18-13-22(15-23(29)14-18)25-16-26(20-7-9-24(36-2)10-8-20)32(31-25)17-19-3-5-21(6-4-19)28(35)30-12-11-27(33)34/h3-10,13-16H,11-12,17H2,1-2H3,(H,30,35)(H,33,34). The molecule has 0 saturated carbocycles. The number of aliphatic carboxylic acids is 1. The summed E-state index contributed by atoms with van der Waals surface area (Å²) in [4.78, 5) is 22.9. The van der Waals surface area contributed by atoms with E-state index in [0.29, 0.717) is 17.1 Å². The Bertz CT molecular complexity index is 1360. The van der Waals surface area contributed by atoms with Crippen molar-refractivity contribution in [2.24, 2.45) is 0 Å². The van der Waals surface area contributed by atoms with Crippen LogP contribution in [0.1, 0.15) is 27.9 Å². The summed E-state index contributed by atoms with van der Waals surface area (Å²) >= 11 is 6.30. The van der Waals surface area contributed by atoms with Gasteiger partial charge in [0.25, 0.3) is 5.91 Å². The lowest BCUT2D eigenvalue weighted by Gasteiger charge is -2.10. The summed E-state index contributed by atoms with van der Waals surface area (Å²) in [5.41, 5.74) is 6.14. The summed E-state index contributed by atoms with van der Waals surface area (Å²) < 4.78 is 7.23. The van der Waals surface area contributed by atoms with E-state index >= 15 is 0 Å². The van der Waals surface area contributed by atoms with Crippen molar-refractivity contribution in [3.05, 3.63) is 94.5 Å². The van der Waals surface area contributed by atoms with Crippen LogP contribution in [0.4, 0.5) is 0 Å². The molecule has 0 bridgehead atoms. The number of carboxylic acid groups (broad SMARTS) is 1. The van der Waals surface area contributed by atoms with Crippen molar-refractivity contribution >= 4 is 23.5 Å². The van der Waals surface area contributed by atoms with Gasteiger partial charge in [0.05, 0.1) is 31.5 Å². The van der Waals surface area contributed by atoms with E-state index in [2.05, 4.69) is 5.32 Å². The molecule has 184 valence electrons. The molecule has 1 amide bonds. The molecule has 8 heteroatoms. The molecule has 2 N–H and O–H groups in total. The molecular formula is C28H26ClN3O4.